The lowest BCUT2D eigenvalue weighted by atomic mass is 10.1. The van der Waals surface area contributed by atoms with Crippen molar-refractivity contribution in [1.82, 2.24) is 15.1 Å². The quantitative estimate of drug-likeness (QED) is 0.839. The molecule has 3 rings (SSSR count). The van der Waals surface area contributed by atoms with Gasteiger partial charge in [-0.05, 0) is 31.4 Å². The minimum atomic E-state index is -0.260. The van der Waals surface area contributed by atoms with Gasteiger partial charge in [0.05, 0.1) is 5.75 Å². The van der Waals surface area contributed by atoms with E-state index in [-0.39, 0.29) is 11.8 Å². The molecule has 1 aliphatic heterocycles. The summed E-state index contributed by atoms with van der Waals surface area (Å²) in [5.74, 6) is 0.974. The second-order valence-electron chi connectivity index (χ2n) is 5.76. The van der Waals surface area contributed by atoms with Gasteiger partial charge in [0, 0.05) is 24.5 Å². The maximum absolute atomic E-state index is 12.1. The third-order valence-electron chi connectivity index (χ3n) is 3.85. The van der Waals surface area contributed by atoms with Gasteiger partial charge in [0.25, 0.3) is 5.91 Å². The van der Waals surface area contributed by atoms with Crippen LogP contribution in [-0.4, -0.2) is 45.8 Å². The van der Waals surface area contributed by atoms with Crippen LogP contribution in [0.1, 0.15) is 34.1 Å². The van der Waals surface area contributed by atoms with Crippen molar-refractivity contribution in [3.63, 3.8) is 0 Å². The van der Waals surface area contributed by atoms with Crippen LogP contribution >= 0.6 is 23.1 Å². The number of rotatable bonds is 6. The van der Waals surface area contributed by atoms with Gasteiger partial charge in [-0.1, -0.05) is 29.5 Å². The van der Waals surface area contributed by atoms with Crippen molar-refractivity contribution in [2.75, 3.05) is 24.2 Å². The summed E-state index contributed by atoms with van der Waals surface area (Å²) in [4.78, 5) is 26.2. The Morgan fingerprint density at radius 2 is 1.88 bits per heavy atom. The normalized spacial score (nSPS) is 14.3. The zero-order chi connectivity index (χ0) is 17.5. The SMILES string of the molecule is O=C(Nc1ccccc1)c1nnc(CSCC(=O)N2CCCCC2)s1. The van der Waals surface area contributed by atoms with Crippen LogP contribution in [0.15, 0.2) is 30.3 Å². The van der Waals surface area contributed by atoms with E-state index >= 15 is 0 Å². The maximum Gasteiger partial charge on any atom is 0.286 e. The van der Waals surface area contributed by atoms with Crippen molar-refractivity contribution >= 4 is 40.6 Å². The molecule has 25 heavy (non-hydrogen) atoms. The zero-order valence-corrected chi connectivity index (χ0v) is 15.4. The number of nitrogens with one attached hydrogen (secondary N) is 1. The lowest BCUT2D eigenvalue weighted by molar-refractivity contribution is -0.129. The summed E-state index contributed by atoms with van der Waals surface area (Å²) in [6.07, 6.45) is 3.43. The Morgan fingerprint density at radius 1 is 1.12 bits per heavy atom. The van der Waals surface area contributed by atoms with Gasteiger partial charge in [0.15, 0.2) is 0 Å². The molecule has 0 radical (unpaired) electrons. The fourth-order valence-corrected chi connectivity index (χ4v) is 4.28. The summed E-state index contributed by atoms with van der Waals surface area (Å²) in [5.41, 5.74) is 0.728. The molecule has 0 atom stereocenters. The number of hydrogen-bond acceptors (Lipinski definition) is 6. The maximum atomic E-state index is 12.1. The highest BCUT2D eigenvalue weighted by molar-refractivity contribution is 7.99. The number of carbonyl (C=O) groups excluding carboxylic acids is 2. The molecule has 0 unspecified atom stereocenters. The summed E-state index contributed by atoms with van der Waals surface area (Å²) in [5, 5.41) is 11.9. The Bertz CT molecular complexity index is 714. The van der Waals surface area contributed by atoms with Gasteiger partial charge in [0.1, 0.15) is 5.01 Å². The van der Waals surface area contributed by atoms with E-state index in [2.05, 4.69) is 15.5 Å². The number of carbonyl (C=O) groups is 2. The van der Waals surface area contributed by atoms with Crippen molar-refractivity contribution in [3.05, 3.63) is 40.3 Å². The van der Waals surface area contributed by atoms with E-state index in [4.69, 9.17) is 0 Å². The van der Waals surface area contributed by atoms with Crippen LogP contribution < -0.4 is 5.32 Å². The number of amides is 2. The van der Waals surface area contributed by atoms with Crippen LogP contribution in [0.4, 0.5) is 5.69 Å². The van der Waals surface area contributed by atoms with E-state index in [1.165, 1.54) is 29.5 Å². The highest BCUT2D eigenvalue weighted by Gasteiger charge is 2.17. The van der Waals surface area contributed by atoms with Crippen LogP contribution in [0.2, 0.25) is 0 Å². The van der Waals surface area contributed by atoms with Gasteiger partial charge < -0.3 is 10.2 Å². The Morgan fingerprint density at radius 3 is 2.64 bits per heavy atom. The number of aromatic nitrogens is 2. The van der Waals surface area contributed by atoms with E-state index in [1.807, 2.05) is 35.2 Å². The smallest absolute Gasteiger partial charge is 0.286 e. The first-order valence-electron chi connectivity index (χ1n) is 8.26. The van der Waals surface area contributed by atoms with Crippen LogP contribution in [0, 0.1) is 0 Å². The standard InChI is InChI=1S/C17H20N4O2S2/c22-15(21-9-5-2-6-10-21)12-24-11-14-19-20-17(25-14)16(23)18-13-7-3-1-4-8-13/h1,3-4,7-8H,2,5-6,9-12H2,(H,18,23). The Hall–Kier alpha value is -1.93. The van der Waals surface area contributed by atoms with Gasteiger partial charge in [-0.3, -0.25) is 9.59 Å². The van der Waals surface area contributed by atoms with E-state index < -0.39 is 0 Å². The van der Waals surface area contributed by atoms with Crippen LogP contribution in [0.5, 0.6) is 0 Å². The molecule has 8 heteroatoms. The van der Waals surface area contributed by atoms with Crippen LogP contribution in [-0.2, 0) is 10.5 Å². The van der Waals surface area contributed by atoms with Crippen LogP contribution in [0.25, 0.3) is 0 Å². The van der Waals surface area contributed by atoms with E-state index in [9.17, 15) is 9.59 Å². The number of nitrogens with zero attached hydrogens (tertiary/aromatic N) is 3. The molecular weight excluding hydrogens is 356 g/mol. The highest BCUT2D eigenvalue weighted by atomic mass is 32.2. The molecular formula is C17H20N4O2S2. The molecule has 0 bridgehead atoms. The minimum Gasteiger partial charge on any atom is -0.342 e. The zero-order valence-electron chi connectivity index (χ0n) is 13.8. The van der Waals surface area contributed by atoms with E-state index in [0.717, 1.165) is 36.6 Å². The molecule has 1 saturated heterocycles. The predicted molar refractivity (Wildman–Crippen MR) is 101 cm³/mol. The van der Waals surface area contributed by atoms with Crippen molar-refractivity contribution in [2.45, 2.75) is 25.0 Å². The summed E-state index contributed by atoms with van der Waals surface area (Å²) < 4.78 is 0. The molecule has 0 spiro atoms. The monoisotopic (exact) mass is 376 g/mol. The molecule has 1 aromatic carbocycles. The molecule has 1 fully saturated rings. The summed E-state index contributed by atoms with van der Waals surface area (Å²) in [7, 11) is 0. The number of hydrogen-bond donors (Lipinski definition) is 1. The Labute approximate surface area is 155 Å². The number of para-hydroxylation sites is 1. The van der Waals surface area contributed by atoms with Gasteiger partial charge in [-0.2, -0.15) is 0 Å². The number of thioether (sulfide) groups is 1. The number of anilines is 1. The van der Waals surface area contributed by atoms with E-state index in [1.54, 1.807) is 0 Å². The van der Waals surface area contributed by atoms with Crippen molar-refractivity contribution in [2.24, 2.45) is 0 Å². The van der Waals surface area contributed by atoms with Crippen molar-refractivity contribution in [3.8, 4) is 0 Å². The molecule has 2 aromatic rings. The lowest BCUT2D eigenvalue weighted by Gasteiger charge is -2.26. The number of likely N-dealkylation sites (tertiary alicyclic amines) is 1. The topological polar surface area (TPSA) is 75.2 Å². The number of piperidine rings is 1. The predicted octanol–water partition coefficient (Wildman–Crippen LogP) is 3.04. The van der Waals surface area contributed by atoms with Gasteiger partial charge >= 0.3 is 0 Å². The Balaban J connectivity index is 1.45. The molecule has 1 N–H and O–H groups in total. The molecule has 6 nitrogen and oxygen atoms in total. The number of benzene rings is 1. The summed E-state index contributed by atoms with van der Waals surface area (Å²) in [6.45, 7) is 1.75. The first kappa shape index (κ1) is 17.9. The average molecular weight is 377 g/mol. The molecule has 2 heterocycles. The third-order valence-corrected chi connectivity index (χ3v) is 5.89. The first-order chi connectivity index (χ1) is 12.2. The van der Waals surface area contributed by atoms with Gasteiger partial charge in [-0.25, -0.2) is 0 Å². The van der Waals surface area contributed by atoms with Gasteiger partial charge in [0.2, 0.25) is 10.9 Å². The lowest BCUT2D eigenvalue weighted by Crippen LogP contribution is -2.36. The molecule has 1 aromatic heterocycles. The molecule has 0 saturated carbocycles. The fourth-order valence-electron chi connectivity index (χ4n) is 2.57. The summed E-state index contributed by atoms with van der Waals surface area (Å²) >= 11 is 2.79. The second-order valence-corrected chi connectivity index (χ2v) is 7.80. The largest absolute Gasteiger partial charge is 0.342 e. The van der Waals surface area contributed by atoms with Gasteiger partial charge in [-0.15, -0.1) is 22.0 Å². The minimum absolute atomic E-state index is 0.191. The molecule has 0 aliphatic carbocycles. The van der Waals surface area contributed by atoms with Crippen molar-refractivity contribution in [1.29, 1.82) is 0 Å². The van der Waals surface area contributed by atoms with Crippen LogP contribution in [0.3, 0.4) is 0 Å². The molecule has 1 aliphatic rings. The summed E-state index contributed by atoms with van der Waals surface area (Å²) in [6, 6.07) is 9.25. The fraction of sp³-hybridized carbons (Fsp3) is 0.412. The second kappa shape index (κ2) is 8.96. The first-order valence-corrected chi connectivity index (χ1v) is 10.2. The average Bonchev–Trinajstić information content (AvgIpc) is 3.12. The third kappa shape index (κ3) is 5.27. The molecule has 132 valence electrons. The molecule has 2 amide bonds. The van der Waals surface area contributed by atoms with Crippen molar-refractivity contribution < 1.29 is 9.59 Å². The Kier molecular flexibility index (Phi) is 6.41. The highest BCUT2D eigenvalue weighted by Crippen LogP contribution is 2.19. The van der Waals surface area contributed by atoms with E-state index in [0.29, 0.717) is 16.5 Å².